The maximum Gasteiger partial charge on any atom is 0.254 e. The first-order chi connectivity index (χ1) is 14.2. The van der Waals surface area contributed by atoms with E-state index in [4.69, 9.17) is 0 Å². The smallest absolute Gasteiger partial charge is 0.254 e. The van der Waals surface area contributed by atoms with Crippen molar-refractivity contribution in [2.75, 3.05) is 11.9 Å². The molecule has 2 fully saturated rings. The van der Waals surface area contributed by atoms with E-state index in [1.165, 1.54) is 0 Å². The number of anilines is 1. The molecule has 1 saturated carbocycles. The van der Waals surface area contributed by atoms with Crippen LogP contribution in [0.15, 0.2) is 67.0 Å². The van der Waals surface area contributed by atoms with Crippen LogP contribution in [0.3, 0.4) is 0 Å². The molecule has 5 rings (SSSR count). The van der Waals surface area contributed by atoms with Crippen LogP contribution in [-0.2, 0) is 0 Å². The zero-order valence-corrected chi connectivity index (χ0v) is 16.5. The van der Waals surface area contributed by atoms with Crippen LogP contribution in [0, 0.1) is 12.8 Å². The molecule has 1 aromatic heterocycles. The summed E-state index contributed by atoms with van der Waals surface area (Å²) in [6.45, 7) is 2.77. The lowest BCUT2D eigenvalue weighted by Gasteiger charge is -2.34. The van der Waals surface area contributed by atoms with Crippen molar-refractivity contribution in [1.82, 2.24) is 14.9 Å². The van der Waals surface area contributed by atoms with Gasteiger partial charge in [0.25, 0.3) is 5.91 Å². The van der Waals surface area contributed by atoms with Crippen molar-refractivity contribution < 1.29 is 4.79 Å². The van der Waals surface area contributed by atoms with E-state index in [2.05, 4.69) is 32.3 Å². The van der Waals surface area contributed by atoms with Gasteiger partial charge in [0.05, 0.1) is 24.1 Å². The monoisotopic (exact) mass is 384 g/mol. The number of amides is 1. The molecule has 146 valence electrons. The second-order valence-electron chi connectivity index (χ2n) is 8.07. The number of likely N-dealkylation sites (tertiary alicyclic amines) is 1. The largest absolute Gasteiger partial charge is 0.364 e. The predicted molar refractivity (Wildman–Crippen MR) is 114 cm³/mol. The van der Waals surface area contributed by atoms with Gasteiger partial charge in [0, 0.05) is 18.2 Å². The first-order valence-corrected chi connectivity index (χ1v) is 10.2. The number of piperidine rings is 1. The Balaban J connectivity index is 1.39. The highest BCUT2D eigenvalue weighted by molar-refractivity contribution is 6.01. The van der Waals surface area contributed by atoms with E-state index in [1.807, 2.05) is 49.4 Å². The molecule has 1 saturated heterocycles. The number of aromatic nitrogens is 2. The third-order valence-electron chi connectivity index (χ3n) is 6.10. The lowest BCUT2D eigenvalue weighted by Crippen LogP contribution is -2.47. The van der Waals surface area contributed by atoms with Gasteiger partial charge >= 0.3 is 0 Å². The number of nitrogens with zero attached hydrogens (tertiary/aromatic N) is 3. The molecule has 1 N–H and O–H groups in total. The molecule has 2 heterocycles. The van der Waals surface area contributed by atoms with Crippen LogP contribution < -0.4 is 5.32 Å². The lowest BCUT2D eigenvalue weighted by molar-refractivity contribution is 0.0693. The minimum Gasteiger partial charge on any atom is -0.364 e. The topological polar surface area (TPSA) is 58.1 Å². The number of hydrogen-bond donors (Lipinski definition) is 1. The van der Waals surface area contributed by atoms with E-state index in [-0.39, 0.29) is 18.0 Å². The summed E-state index contributed by atoms with van der Waals surface area (Å²) < 4.78 is 0. The number of carbonyl (C=O) groups excluding carboxylic acids is 1. The van der Waals surface area contributed by atoms with Crippen LogP contribution in [0.4, 0.5) is 5.82 Å². The van der Waals surface area contributed by atoms with Gasteiger partial charge in [-0.05, 0) is 42.9 Å². The molecule has 1 aliphatic heterocycles. The van der Waals surface area contributed by atoms with Gasteiger partial charge in [0.1, 0.15) is 5.82 Å². The Hall–Kier alpha value is -3.21. The van der Waals surface area contributed by atoms with Gasteiger partial charge in [-0.1, -0.05) is 48.5 Å². The van der Waals surface area contributed by atoms with Gasteiger partial charge in [-0.3, -0.25) is 9.78 Å². The maximum atomic E-state index is 13.5. The maximum absolute atomic E-state index is 13.5. The lowest BCUT2D eigenvalue weighted by atomic mass is 9.97. The molecule has 1 amide bonds. The number of fused-ring (bicyclic) bond motifs is 2. The highest BCUT2D eigenvalue weighted by Gasteiger charge is 2.47. The van der Waals surface area contributed by atoms with Gasteiger partial charge < -0.3 is 10.2 Å². The Bertz CT molecular complexity index is 1020. The summed E-state index contributed by atoms with van der Waals surface area (Å²) in [4.78, 5) is 24.4. The van der Waals surface area contributed by atoms with Crippen molar-refractivity contribution in [3.05, 3.63) is 78.2 Å². The standard InChI is InChI=1S/C24H24N4O/c1-16-13-26-23(14-25-16)27-21-11-17-12-22(21)28(15-17)24(29)20-10-6-5-9-19(20)18-7-3-2-4-8-18/h2-10,13-14,17,21-22H,11-12,15H2,1H3,(H,26,27). The van der Waals surface area contributed by atoms with Gasteiger partial charge in [0.2, 0.25) is 0 Å². The molecule has 2 bridgehead atoms. The number of carbonyl (C=O) groups is 1. The van der Waals surface area contributed by atoms with Crippen LogP contribution in [0.25, 0.3) is 11.1 Å². The highest BCUT2D eigenvalue weighted by atomic mass is 16.2. The molecule has 1 aliphatic carbocycles. The number of benzene rings is 2. The Morgan fingerprint density at radius 1 is 1.00 bits per heavy atom. The van der Waals surface area contributed by atoms with E-state index in [0.717, 1.165) is 47.6 Å². The van der Waals surface area contributed by atoms with Crippen LogP contribution in [-0.4, -0.2) is 39.4 Å². The number of rotatable bonds is 4. The van der Waals surface area contributed by atoms with E-state index in [9.17, 15) is 4.79 Å². The van der Waals surface area contributed by atoms with Crippen LogP contribution >= 0.6 is 0 Å². The second-order valence-corrected chi connectivity index (χ2v) is 8.07. The fourth-order valence-electron chi connectivity index (χ4n) is 4.76. The highest BCUT2D eigenvalue weighted by Crippen LogP contribution is 2.40. The Morgan fingerprint density at radius 2 is 1.79 bits per heavy atom. The molecular weight excluding hydrogens is 360 g/mol. The quantitative estimate of drug-likeness (QED) is 0.734. The zero-order valence-electron chi connectivity index (χ0n) is 16.5. The normalized spacial score (nSPS) is 22.7. The molecule has 3 aromatic rings. The summed E-state index contributed by atoms with van der Waals surface area (Å²) in [6, 6.07) is 18.5. The molecule has 5 heteroatoms. The summed E-state index contributed by atoms with van der Waals surface area (Å²) in [7, 11) is 0. The van der Waals surface area contributed by atoms with Crippen LogP contribution in [0.5, 0.6) is 0 Å². The summed E-state index contributed by atoms with van der Waals surface area (Å²) in [5.41, 5.74) is 3.75. The first kappa shape index (κ1) is 17.9. The SMILES string of the molecule is Cc1cnc(NC2CC3CC2N(C(=O)c2ccccc2-c2ccccc2)C3)cn1. The van der Waals surface area contributed by atoms with Gasteiger partial charge in [0.15, 0.2) is 0 Å². The fraction of sp³-hybridized carbons (Fsp3) is 0.292. The molecule has 5 nitrogen and oxygen atoms in total. The summed E-state index contributed by atoms with van der Waals surface area (Å²) >= 11 is 0. The van der Waals surface area contributed by atoms with E-state index >= 15 is 0 Å². The minimum atomic E-state index is 0.124. The molecule has 2 aromatic carbocycles. The molecule has 3 atom stereocenters. The molecule has 2 aliphatic rings. The van der Waals surface area contributed by atoms with Crippen molar-refractivity contribution in [2.45, 2.75) is 31.8 Å². The average Bonchev–Trinajstić information content (AvgIpc) is 3.36. The average molecular weight is 384 g/mol. The Labute approximate surface area is 170 Å². The minimum absolute atomic E-state index is 0.124. The van der Waals surface area contributed by atoms with Gasteiger partial charge in [-0.15, -0.1) is 0 Å². The number of hydrogen-bond acceptors (Lipinski definition) is 4. The van der Waals surface area contributed by atoms with Crippen molar-refractivity contribution in [3.63, 3.8) is 0 Å². The van der Waals surface area contributed by atoms with Crippen molar-refractivity contribution in [2.24, 2.45) is 5.92 Å². The summed E-state index contributed by atoms with van der Waals surface area (Å²) in [5.74, 6) is 1.45. The summed E-state index contributed by atoms with van der Waals surface area (Å²) in [6.07, 6.45) is 5.67. The third kappa shape index (κ3) is 3.37. The van der Waals surface area contributed by atoms with Crippen molar-refractivity contribution >= 4 is 11.7 Å². The van der Waals surface area contributed by atoms with E-state index < -0.39 is 0 Å². The van der Waals surface area contributed by atoms with E-state index in [0.29, 0.717) is 5.92 Å². The molecule has 0 radical (unpaired) electrons. The molecule has 3 unspecified atom stereocenters. The number of nitrogens with one attached hydrogen (secondary N) is 1. The fourth-order valence-corrected chi connectivity index (χ4v) is 4.76. The number of aryl methyl sites for hydroxylation is 1. The first-order valence-electron chi connectivity index (χ1n) is 10.2. The van der Waals surface area contributed by atoms with Gasteiger partial charge in [-0.2, -0.15) is 0 Å². The predicted octanol–water partition coefficient (Wildman–Crippen LogP) is 4.17. The third-order valence-corrected chi connectivity index (χ3v) is 6.10. The second kappa shape index (κ2) is 7.32. The Morgan fingerprint density at radius 3 is 2.55 bits per heavy atom. The van der Waals surface area contributed by atoms with Crippen LogP contribution in [0.1, 0.15) is 28.9 Å². The Kier molecular flexibility index (Phi) is 4.51. The zero-order chi connectivity index (χ0) is 19.8. The van der Waals surface area contributed by atoms with Gasteiger partial charge in [-0.25, -0.2) is 4.98 Å². The summed E-state index contributed by atoms with van der Waals surface area (Å²) in [5, 5.41) is 3.51. The molecule has 0 spiro atoms. The van der Waals surface area contributed by atoms with Crippen molar-refractivity contribution in [3.8, 4) is 11.1 Å². The molecular formula is C24H24N4O. The van der Waals surface area contributed by atoms with E-state index in [1.54, 1.807) is 12.4 Å². The van der Waals surface area contributed by atoms with Crippen molar-refractivity contribution in [1.29, 1.82) is 0 Å². The molecule has 29 heavy (non-hydrogen) atoms. The van der Waals surface area contributed by atoms with Crippen LogP contribution in [0.2, 0.25) is 0 Å².